The fourth-order valence-electron chi connectivity index (χ4n) is 1.47. The monoisotopic (exact) mass is 370 g/mol. The van der Waals surface area contributed by atoms with Crippen molar-refractivity contribution in [2.75, 3.05) is 0 Å². The van der Waals surface area contributed by atoms with Crippen molar-refractivity contribution in [2.24, 2.45) is 5.10 Å². The van der Waals surface area contributed by atoms with E-state index in [1.165, 1.54) is 24.3 Å². The van der Waals surface area contributed by atoms with Crippen molar-refractivity contribution in [3.63, 3.8) is 0 Å². The molecule has 2 aromatic carbocycles. The molecular weight excluding hydrogens is 360 g/mol. The van der Waals surface area contributed by atoms with Gasteiger partial charge in [0.05, 0.1) is 11.1 Å². The molecule has 21 heavy (non-hydrogen) atoms. The Balaban J connectivity index is 2.14. The van der Waals surface area contributed by atoms with Crippen LogP contribution in [0.1, 0.15) is 5.56 Å². The lowest BCUT2D eigenvalue weighted by Gasteiger charge is -2.03. The van der Waals surface area contributed by atoms with Crippen molar-refractivity contribution in [1.29, 1.82) is 0 Å². The summed E-state index contributed by atoms with van der Waals surface area (Å²) in [6, 6.07) is 9.95. The summed E-state index contributed by atoms with van der Waals surface area (Å²) in [5.74, 6) is -0.304. The quantitative estimate of drug-likeness (QED) is 0.567. The van der Waals surface area contributed by atoms with Gasteiger partial charge in [0.25, 0.3) is 10.0 Å². The van der Waals surface area contributed by atoms with E-state index in [-0.39, 0.29) is 22.0 Å². The first-order chi connectivity index (χ1) is 9.88. The van der Waals surface area contributed by atoms with Gasteiger partial charge in [-0.25, -0.2) is 4.83 Å². The number of hydrogen-bond donors (Lipinski definition) is 3. The van der Waals surface area contributed by atoms with Gasteiger partial charge in [-0.1, -0.05) is 15.9 Å². The number of sulfonamides is 1. The number of nitrogens with zero attached hydrogens (tertiary/aromatic N) is 1. The highest BCUT2D eigenvalue weighted by Crippen LogP contribution is 2.20. The van der Waals surface area contributed by atoms with Gasteiger partial charge in [-0.15, -0.1) is 0 Å². The first kappa shape index (κ1) is 15.3. The van der Waals surface area contributed by atoms with Crippen molar-refractivity contribution in [2.45, 2.75) is 4.90 Å². The van der Waals surface area contributed by atoms with Crippen molar-refractivity contribution < 1.29 is 18.6 Å². The molecule has 0 aromatic heterocycles. The number of nitrogens with one attached hydrogen (secondary N) is 1. The first-order valence-corrected chi connectivity index (χ1v) is 7.98. The van der Waals surface area contributed by atoms with Crippen LogP contribution in [0.3, 0.4) is 0 Å². The molecule has 0 unspecified atom stereocenters. The van der Waals surface area contributed by atoms with Crippen LogP contribution in [-0.2, 0) is 10.0 Å². The van der Waals surface area contributed by atoms with Crippen molar-refractivity contribution in [3.8, 4) is 11.5 Å². The van der Waals surface area contributed by atoms with Gasteiger partial charge in [0.2, 0.25) is 0 Å². The highest BCUT2D eigenvalue weighted by atomic mass is 79.9. The third-order valence-corrected chi connectivity index (χ3v) is 4.28. The number of phenols is 2. The maximum atomic E-state index is 11.9. The third kappa shape index (κ3) is 3.96. The third-order valence-electron chi connectivity index (χ3n) is 2.51. The lowest BCUT2D eigenvalue weighted by molar-refractivity contribution is 0.450. The summed E-state index contributed by atoms with van der Waals surface area (Å²) in [4.78, 5) is 2.11. The van der Waals surface area contributed by atoms with Crippen LogP contribution in [0.15, 0.2) is 56.9 Å². The zero-order chi connectivity index (χ0) is 15.5. The average Bonchev–Trinajstić information content (AvgIpc) is 2.41. The Labute approximate surface area is 129 Å². The molecule has 0 bridgehead atoms. The lowest BCUT2D eigenvalue weighted by Crippen LogP contribution is -2.18. The molecular formula is C13H11BrN2O4S. The predicted octanol–water partition coefficient (Wildman–Crippen LogP) is 2.17. The summed E-state index contributed by atoms with van der Waals surface area (Å²) < 4.78 is 24.6. The van der Waals surface area contributed by atoms with Gasteiger partial charge in [0, 0.05) is 16.1 Å². The molecule has 6 nitrogen and oxygen atoms in total. The molecule has 0 saturated carbocycles. The van der Waals surface area contributed by atoms with Crippen LogP contribution in [-0.4, -0.2) is 24.8 Å². The summed E-state index contributed by atoms with van der Waals surface area (Å²) in [5, 5.41) is 22.3. The van der Waals surface area contributed by atoms with E-state index in [1.54, 1.807) is 12.1 Å². The molecule has 0 aliphatic heterocycles. The molecule has 2 rings (SSSR count). The number of hydrazone groups is 1. The van der Waals surface area contributed by atoms with E-state index in [9.17, 15) is 13.5 Å². The van der Waals surface area contributed by atoms with Gasteiger partial charge in [-0.05, 0) is 36.4 Å². The van der Waals surface area contributed by atoms with Crippen LogP contribution in [0.2, 0.25) is 0 Å². The first-order valence-electron chi connectivity index (χ1n) is 5.71. The summed E-state index contributed by atoms with van der Waals surface area (Å²) >= 11 is 3.22. The van der Waals surface area contributed by atoms with E-state index in [0.29, 0.717) is 0 Å². The fraction of sp³-hybridized carbons (Fsp3) is 0. The van der Waals surface area contributed by atoms with E-state index in [0.717, 1.165) is 16.8 Å². The van der Waals surface area contributed by atoms with E-state index >= 15 is 0 Å². The molecule has 2 aromatic rings. The van der Waals surface area contributed by atoms with Gasteiger partial charge in [0.1, 0.15) is 11.5 Å². The van der Waals surface area contributed by atoms with Crippen molar-refractivity contribution in [1.82, 2.24) is 4.83 Å². The molecule has 0 aliphatic carbocycles. The van der Waals surface area contributed by atoms with Gasteiger partial charge in [0.15, 0.2) is 0 Å². The van der Waals surface area contributed by atoms with Crippen LogP contribution in [0.5, 0.6) is 11.5 Å². The SMILES string of the molecule is O=S(=O)(N/N=C/c1ccc(O)cc1O)c1ccc(Br)cc1. The highest BCUT2D eigenvalue weighted by molar-refractivity contribution is 9.10. The molecule has 0 spiro atoms. The Hall–Kier alpha value is -2.06. The number of benzene rings is 2. The van der Waals surface area contributed by atoms with Crippen molar-refractivity contribution >= 4 is 32.2 Å². The molecule has 110 valence electrons. The van der Waals surface area contributed by atoms with E-state index in [4.69, 9.17) is 5.11 Å². The lowest BCUT2D eigenvalue weighted by atomic mass is 10.2. The topological polar surface area (TPSA) is 99.0 Å². The van der Waals surface area contributed by atoms with Crippen LogP contribution < -0.4 is 4.83 Å². The van der Waals surface area contributed by atoms with Crippen molar-refractivity contribution in [3.05, 3.63) is 52.5 Å². The second-order valence-electron chi connectivity index (χ2n) is 4.05. The van der Waals surface area contributed by atoms with Crippen LogP contribution in [0.4, 0.5) is 0 Å². The number of hydrogen-bond acceptors (Lipinski definition) is 5. The van der Waals surface area contributed by atoms with Gasteiger partial charge in [-0.2, -0.15) is 13.5 Å². The van der Waals surface area contributed by atoms with Gasteiger partial charge < -0.3 is 10.2 Å². The Kier molecular flexibility index (Phi) is 4.49. The summed E-state index contributed by atoms with van der Waals surface area (Å²) in [7, 11) is -3.77. The molecule has 3 N–H and O–H groups in total. The summed E-state index contributed by atoms with van der Waals surface area (Å²) in [6.45, 7) is 0. The van der Waals surface area contributed by atoms with Crippen LogP contribution >= 0.6 is 15.9 Å². The molecule has 8 heteroatoms. The summed E-state index contributed by atoms with van der Waals surface area (Å²) in [5.41, 5.74) is 0.270. The fourth-order valence-corrected chi connectivity index (χ4v) is 2.53. The molecule has 0 radical (unpaired) electrons. The Morgan fingerprint density at radius 3 is 2.38 bits per heavy atom. The van der Waals surface area contributed by atoms with E-state index < -0.39 is 10.0 Å². The zero-order valence-electron chi connectivity index (χ0n) is 10.6. The predicted molar refractivity (Wildman–Crippen MR) is 81.8 cm³/mol. The number of aromatic hydroxyl groups is 2. The normalized spacial score (nSPS) is 11.7. The number of phenolic OH excluding ortho intramolecular Hbond substituents is 2. The summed E-state index contributed by atoms with van der Waals surface area (Å²) in [6.07, 6.45) is 1.14. The van der Waals surface area contributed by atoms with Gasteiger partial charge >= 0.3 is 0 Å². The zero-order valence-corrected chi connectivity index (χ0v) is 13.0. The molecule has 0 heterocycles. The maximum Gasteiger partial charge on any atom is 0.276 e. The largest absolute Gasteiger partial charge is 0.508 e. The minimum Gasteiger partial charge on any atom is -0.508 e. The Bertz CT molecular complexity index is 773. The second-order valence-corrected chi connectivity index (χ2v) is 6.63. The minimum absolute atomic E-state index is 0.0674. The molecule has 0 saturated heterocycles. The average molecular weight is 371 g/mol. The molecule has 0 atom stereocenters. The van der Waals surface area contributed by atoms with Gasteiger partial charge in [-0.3, -0.25) is 0 Å². The second kappa shape index (κ2) is 6.15. The standard InChI is InChI=1S/C13H11BrN2O4S/c14-10-2-5-12(6-3-10)21(19,20)16-15-8-9-1-4-11(17)7-13(9)18/h1-8,16-18H/b15-8+. The Morgan fingerprint density at radius 2 is 1.76 bits per heavy atom. The molecule has 0 fully saturated rings. The molecule has 0 aliphatic rings. The molecule has 0 amide bonds. The Morgan fingerprint density at radius 1 is 1.10 bits per heavy atom. The van der Waals surface area contributed by atoms with Crippen LogP contribution in [0, 0.1) is 0 Å². The number of halogens is 1. The highest BCUT2D eigenvalue weighted by Gasteiger charge is 2.12. The minimum atomic E-state index is -3.77. The van der Waals surface area contributed by atoms with E-state index in [2.05, 4.69) is 21.0 Å². The van der Waals surface area contributed by atoms with E-state index in [1.807, 2.05) is 4.83 Å². The van der Waals surface area contributed by atoms with Crippen LogP contribution in [0.25, 0.3) is 0 Å². The smallest absolute Gasteiger partial charge is 0.276 e. The maximum absolute atomic E-state index is 11.9. The number of rotatable bonds is 4.